The molecule has 82 valence electrons. The molecule has 0 saturated carbocycles. The number of benzene rings is 1. The Morgan fingerprint density at radius 2 is 2.13 bits per heavy atom. The number of nitrogens with one attached hydrogen (secondary N) is 1. The molecule has 15 heavy (non-hydrogen) atoms. The van der Waals surface area contributed by atoms with E-state index in [1.165, 1.54) is 5.56 Å². The van der Waals surface area contributed by atoms with Gasteiger partial charge in [-0.1, -0.05) is 30.3 Å². The lowest BCUT2D eigenvalue weighted by molar-refractivity contribution is 0.281. The van der Waals surface area contributed by atoms with E-state index in [-0.39, 0.29) is 6.61 Å². The Bertz CT molecular complexity index is 296. The number of aliphatic hydroxyl groups excluding tert-OH is 1. The second-order valence-electron chi connectivity index (χ2n) is 3.59. The number of aliphatic hydroxyl groups is 1. The third-order valence-electron chi connectivity index (χ3n) is 2.26. The molecular weight excluding hydrogens is 186 g/mol. The summed E-state index contributed by atoms with van der Waals surface area (Å²) in [5.41, 5.74) is 2.19. The molecule has 1 aromatic rings. The summed E-state index contributed by atoms with van der Waals surface area (Å²) in [6.45, 7) is 5.67. The first-order valence-electron chi connectivity index (χ1n) is 5.37. The number of rotatable bonds is 7. The van der Waals surface area contributed by atoms with Crippen LogP contribution in [-0.4, -0.2) is 11.7 Å². The summed E-state index contributed by atoms with van der Waals surface area (Å²) in [6.07, 6.45) is 4.13. The van der Waals surface area contributed by atoms with E-state index in [0.29, 0.717) is 0 Å². The summed E-state index contributed by atoms with van der Waals surface area (Å²) in [5.74, 6) is 0. The van der Waals surface area contributed by atoms with Crippen LogP contribution >= 0.6 is 0 Å². The summed E-state index contributed by atoms with van der Waals surface area (Å²) in [7, 11) is 0. The highest BCUT2D eigenvalue weighted by Crippen LogP contribution is 2.04. The SMILES string of the molecule is C=CCCCNCc1cccc(CO)c1. The lowest BCUT2D eigenvalue weighted by Crippen LogP contribution is -2.14. The molecule has 1 rings (SSSR count). The Morgan fingerprint density at radius 3 is 2.87 bits per heavy atom. The molecule has 0 aromatic heterocycles. The molecule has 0 aliphatic carbocycles. The minimum Gasteiger partial charge on any atom is -0.392 e. The van der Waals surface area contributed by atoms with Crippen LogP contribution in [0.15, 0.2) is 36.9 Å². The molecule has 0 atom stereocenters. The van der Waals surface area contributed by atoms with E-state index < -0.39 is 0 Å². The van der Waals surface area contributed by atoms with Crippen molar-refractivity contribution in [2.45, 2.75) is 26.0 Å². The average Bonchev–Trinajstić information content (AvgIpc) is 2.29. The minimum absolute atomic E-state index is 0.115. The zero-order valence-electron chi connectivity index (χ0n) is 9.08. The lowest BCUT2D eigenvalue weighted by Gasteiger charge is -2.05. The fourth-order valence-electron chi connectivity index (χ4n) is 1.44. The molecule has 0 saturated heterocycles. The maximum atomic E-state index is 8.97. The van der Waals surface area contributed by atoms with Gasteiger partial charge < -0.3 is 10.4 Å². The minimum atomic E-state index is 0.115. The van der Waals surface area contributed by atoms with Gasteiger partial charge in [-0.3, -0.25) is 0 Å². The lowest BCUT2D eigenvalue weighted by atomic mass is 10.1. The third kappa shape index (κ3) is 4.77. The molecular formula is C13H19NO. The molecule has 0 fully saturated rings. The van der Waals surface area contributed by atoms with Crippen molar-refractivity contribution in [1.29, 1.82) is 0 Å². The fraction of sp³-hybridized carbons (Fsp3) is 0.385. The second kappa shape index (κ2) is 7.21. The molecule has 0 amide bonds. The molecule has 0 radical (unpaired) electrons. The van der Waals surface area contributed by atoms with Crippen LogP contribution < -0.4 is 5.32 Å². The van der Waals surface area contributed by atoms with Gasteiger partial charge in [-0.25, -0.2) is 0 Å². The van der Waals surface area contributed by atoms with Crippen molar-refractivity contribution in [3.63, 3.8) is 0 Å². The Hall–Kier alpha value is -1.12. The molecule has 0 aliphatic heterocycles. The van der Waals surface area contributed by atoms with Gasteiger partial charge >= 0.3 is 0 Å². The van der Waals surface area contributed by atoms with Crippen LogP contribution in [0.5, 0.6) is 0 Å². The van der Waals surface area contributed by atoms with Gasteiger partial charge in [-0.05, 0) is 30.5 Å². The molecule has 0 unspecified atom stereocenters. The van der Waals surface area contributed by atoms with Gasteiger partial charge in [0.15, 0.2) is 0 Å². The number of hydrogen-bond acceptors (Lipinski definition) is 2. The summed E-state index contributed by atoms with van der Waals surface area (Å²) in [5, 5.41) is 12.3. The highest BCUT2D eigenvalue weighted by atomic mass is 16.3. The molecule has 1 aromatic carbocycles. The number of unbranched alkanes of at least 4 members (excludes halogenated alkanes) is 1. The van der Waals surface area contributed by atoms with Gasteiger partial charge in [0.05, 0.1) is 6.61 Å². The van der Waals surface area contributed by atoms with E-state index >= 15 is 0 Å². The van der Waals surface area contributed by atoms with Gasteiger partial charge in [0.2, 0.25) is 0 Å². The summed E-state index contributed by atoms with van der Waals surface area (Å²) < 4.78 is 0. The van der Waals surface area contributed by atoms with Gasteiger partial charge in [-0.15, -0.1) is 6.58 Å². The summed E-state index contributed by atoms with van der Waals surface area (Å²) in [4.78, 5) is 0. The van der Waals surface area contributed by atoms with Crippen LogP contribution in [0, 0.1) is 0 Å². The predicted molar refractivity (Wildman–Crippen MR) is 63.5 cm³/mol. The smallest absolute Gasteiger partial charge is 0.0681 e. The number of hydrogen-bond donors (Lipinski definition) is 2. The number of allylic oxidation sites excluding steroid dienone is 1. The highest BCUT2D eigenvalue weighted by Gasteiger charge is 1.94. The molecule has 2 heteroatoms. The van der Waals surface area contributed by atoms with Crippen molar-refractivity contribution in [3.8, 4) is 0 Å². The van der Waals surface area contributed by atoms with Crippen LogP contribution in [0.2, 0.25) is 0 Å². The zero-order chi connectivity index (χ0) is 10.9. The van der Waals surface area contributed by atoms with Crippen LogP contribution in [0.3, 0.4) is 0 Å². The highest BCUT2D eigenvalue weighted by molar-refractivity contribution is 5.22. The van der Waals surface area contributed by atoms with E-state index in [0.717, 1.165) is 31.5 Å². The van der Waals surface area contributed by atoms with Crippen LogP contribution in [0.1, 0.15) is 24.0 Å². The second-order valence-corrected chi connectivity index (χ2v) is 3.59. The maximum absolute atomic E-state index is 8.97. The van der Waals surface area contributed by atoms with Gasteiger partial charge in [0.1, 0.15) is 0 Å². The van der Waals surface area contributed by atoms with Crippen LogP contribution in [0.25, 0.3) is 0 Å². The van der Waals surface area contributed by atoms with Crippen LogP contribution in [-0.2, 0) is 13.2 Å². The van der Waals surface area contributed by atoms with Gasteiger partial charge in [0, 0.05) is 6.54 Å². The summed E-state index contributed by atoms with van der Waals surface area (Å²) >= 11 is 0. The third-order valence-corrected chi connectivity index (χ3v) is 2.26. The average molecular weight is 205 g/mol. The largest absolute Gasteiger partial charge is 0.392 e. The Kier molecular flexibility index (Phi) is 5.74. The maximum Gasteiger partial charge on any atom is 0.0681 e. The molecule has 0 aliphatic rings. The monoisotopic (exact) mass is 205 g/mol. The van der Waals surface area contributed by atoms with E-state index in [1.54, 1.807) is 0 Å². The predicted octanol–water partition coefficient (Wildman–Crippen LogP) is 2.23. The van der Waals surface area contributed by atoms with E-state index in [4.69, 9.17) is 5.11 Å². The Morgan fingerprint density at radius 1 is 1.33 bits per heavy atom. The quantitative estimate of drug-likeness (QED) is 0.528. The molecule has 0 heterocycles. The Balaban J connectivity index is 2.27. The van der Waals surface area contributed by atoms with Crippen molar-refractivity contribution in [2.24, 2.45) is 0 Å². The van der Waals surface area contributed by atoms with Crippen molar-refractivity contribution in [3.05, 3.63) is 48.0 Å². The normalized spacial score (nSPS) is 10.2. The van der Waals surface area contributed by atoms with E-state index in [2.05, 4.69) is 18.0 Å². The van der Waals surface area contributed by atoms with Crippen molar-refractivity contribution in [1.82, 2.24) is 5.32 Å². The standard InChI is InChI=1S/C13H19NO/c1-2-3-4-8-14-10-12-6-5-7-13(9-12)11-15/h2,5-7,9,14-15H,1,3-4,8,10-11H2. The van der Waals surface area contributed by atoms with Gasteiger partial charge in [-0.2, -0.15) is 0 Å². The zero-order valence-corrected chi connectivity index (χ0v) is 9.08. The van der Waals surface area contributed by atoms with Crippen LogP contribution in [0.4, 0.5) is 0 Å². The van der Waals surface area contributed by atoms with E-state index in [1.807, 2.05) is 24.3 Å². The summed E-state index contributed by atoms with van der Waals surface area (Å²) in [6, 6.07) is 8.01. The van der Waals surface area contributed by atoms with Crippen molar-refractivity contribution < 1.29 is 5.11 Å². The van der Waals surface area contributed by atoms with Crippen molar-refractivity contribution >= 4 is 0 Å². The molecule has 2 N–H and O–H groups in total. The molecule has 0 spiro atoms. The van der Waals surface area contributed by atoms with Gasteiger partial charge in [0.25, 0.3) is 0 Å². The first kappa shape index (κ1) is 12.0. The topological polar surface area (TPSA) is 32.3 Å². The first-order valence-corrected chi connectivity index (χ1v) is 5.37. The first-order chi connectivity index (χ1) is 7.36. The van der Waals surface area contributed by atoms with E-state index in [9.17, 15) is 0 Å². The Labute approximate surface area is 91.6 Å². The fourth-order valence-corrected chi connectivity index (χ4v) is 1.44. The van der Waals surface area contributed by atoms with Crippen molar-refractivity contribution in [2.75, 3.05) is 6.54 Å². The molecule has 2 nitrogen and oxygen atoms in total. The molecule has 0 bridgehead atoms.